The Balaban J connectivity index is 0. The minimum absolute atomic E-state index is 1.21. The van der Waals surface area contributed by atoms with Crippen LogP contribution in [0.25, 0.3) is 0 Å². The molecule has 1 nitrogen and oxygen atoms in total. The predicted octanol–water partition coefficient (Wildman–Crippen LogP) is 1.76. The van der Waals surface area contributed by atoms with Crippen LogP contribution in [0.1, 0.15) is 13.3 Å². The molecule has 0 saturated heterocycles. The quantitative estimate of drug-likeness (QED) is 0.496. The van der Waals surface area contributed by atoms with Gasteiger partial charge in [0.25, 0.3) is 0 Å². The largest absolute Gasteiger partial charge is 0.309 e. The Morgan fingerprint density at radius 2 is 1.62 bits per heavy atom. The second-order valence-electron chi connectivity index (χ2n) is 1.80. The van der Waals surface area contributed by atoms with Crippen LogP contribution < -0.4 is 0 Å². The summed E-state index contributed by atoms with van der Waals surface area (Å²) in [5.74, 6) is 0. The molecule has 0 atom stereocenters. The fourth-order valence-corrected chi connectivity index (χ4v) is 0.447. The van der Waals surface area contributed by atoms with Crippen molar-refractivity contribution in [1.82, 2.24) is 4.90 Å². The first-order chi connectivity index (χ1) is 3.77. The van der Waals surface area contributed by atoms with E-state index in [0.717, 1.165) is 0 Å². The van der Waals surface area contributed by atoms with Crippen molar-refractivity contribution < 1.29 is 0 Å². The Kier molecular flexibility index (Phi) is 13.1. The van der Waals surface area contributed by atoms with Gasteiger partial charge in [0.05, 0.1) is 0 Å². The lowest BCUT2D eigenvalue weighted by molar-refractivity contribution is 0.408. The molecular formula is C7H17N. The third-order valence-corrected chi connectivity index (χ3v) is 0.671. The molecule has 0 spiro atoms. The van der Waals surface area contributed by atoms with Crippen LogP contribution in [0.3, 0.4) is 0 Å². The molecule has 0 fully saturated rings. The van der Waals surface area contributed by atoms with Crippen LogP contribution in [-0.4, -0.2) is 25.5 Å². The van der Waals surface area contributed by atoms with Crippen molar-refractivity contribution in [2.45, 2.75) is 13.3 Å². The Morgan fingerprint density at radius 1 is 1.25 bits per heavy atom. The van der Waals surface area contributed by atoms with E-state index >= 15 is 0 Å². The van der Waals surface area contributed by atoms with Crippen LogP contribution in [0, 0.1) is 0 Å². The fraction of sp³-hybridized carbons (Fsp3) is 0.714. The average molecular weight is 115 g/mol. The highest BCUT2D eigenvalue weighted by Crippen LogP contribution is 1.76. The van der Waals surface area contributed by atoms with E-state index in [1.54, 1.807) is 0 Å². The Bertz CT molecular complexity index is 33.4. The van der Waals surface area contributed by atoms with Gasteiger partial charge in [0.1, 0.15) is 0 Å². The minimum atomic E-state index is 1.21. The molecule has 50 valence electrons. The molecule has 0 aliphatic rings. The summed E-state index contributed by atoms with van der Waals surface area (Å²) >= 11 is 0. The fourth-order valence-electron chi connectivity index (χ4n) is 0.447. The number of hydrogen-bond acceptors (Lipinski definition) is 1. The monoisotopic (exact) mass is 115 g/mol. The molecule has 0 aromatic heterocycles. The highest BCUT2D eigenvalue weighted by molar-refractivity contribution is 4.34. The summed E-state index contributed by atoms with van der Waals surface area (Å²) in [7, 11) is 4.17. The van der Waals surface area contributed by atoms with Gasteiger partial charge in [-0.2, -0.15) is 0 Å². The summed E-state index contributed by atoms with van der Waals surface area (Å²) in [4.78, 5) is 2.18. The molecule has 8 heavy (non-hydrogen) atoms. The van der Waals surface area contributed by atoms with Crippen LogP contribution >= 0.6 is 0 Å². The minimum Gasteiger partial charge on any atom is -0.309 e. The number of nitrogens with zero attached hydrogens (tertiary/aromatic N) is 1. The highest BCUT2D eigenvalue weighted by Gasteiger charge is 1.79. The SMILES string of the molecule is C=C.CCCN(C)C. The van der Waals surface area contributed by atoms with Crippen molar-refractivity contribution in [1.29, 1.82) is 0 Å². The van der Waals surface area contributed by atoms with Gasteiger partial charge in [-0.05, 0) is 27.1 Å². The molecule has 0 aliphatic carbocycles. The van der Waals surface area contributed by atoms with Crippen LogP contribution in [0.15, 0.2) is 13.2 Å². The molecule has 0 aromatic rings. The normalized spacial score (nSPS) is 8.00. The van der Waals surface area contributed by atoms with E-state index in [1.807, 2.05) is 0 Å². The molecule has 0 aliphatic heterocycles. The maximum atomic E-state index is 3.00. The van der Waals surface area contributed by atoms with Gasteiger partial charge in [0.15, 0.2) is 0 Å². The summed E-state index contributed by atoms with van der Waals surface area (Å²) in [6, 6.07) is 0. The molecule has 0 radical (unpaired) electrons. The Hall–Kier alpha value is -0.300. The molecule has 0 saturated carbocycles. The van der Waals surface area contributed by atoms with Gasteiger partial charge in [-0.3, -0.25) is 0 Å². The topological polar surface area (TPSA) is 3.24 Å². The van der Waals surface area contributed by atoms with E-state index in [9.17, 15) is 0 Å². The standard InChI is InChI=1S/C5H13N.C2H4/c1-4-5-6(2)3;1-2/h4-5H2,1-3H3;1-2H2. The smallest absolute Gasteiger partial charge is 0.00275 e. The lowest BCUT2D eigenvalue weighted by Crippen LogP contribution is -2.11. The number of hydrogen-bond donors (Lipinski definition) is 0. The summed E-state index contributed by atoms with van der Waals surface area (Å²) in [5, 5.41) is 0. The van der Waals surface area contributed by atoms with E-state index in [4.69, 9.17) is 0 Å². The molecule has 1 heteroatoms. The van der Waals surface area contributed by atoms with E-state index in [2.05, 4.69) is 39.1 Å². The van der Waals surface area contributed by atoms with Crippen LogP contribution in [0.5, 0.6) is 0 Å². The molecule has 0 heterocycles. The third kappa shape index (κ3) is 17.3. The summed E-state index contributed by atoms with van der Waals surface area (Å²) in [6.45, 7) is 9.39. The highest BCUT2D eigenvalue weighted by atomic mass is 15.0. The van der Waals surface area contributed by atoms with Crippen molar-refractivity contribution in [3.8, 4) is 0 Å². The number of rotatable bonds is 2. The lowest BCUT2D eigenvalue weighted by atomic mass is 10.5. The van der Waals surface area contributed by atoms with Crippen molar-refractivity contribution in [3.63, 3.8) is 0 Å². The van der Waals surface area contributed by atoms with Crippen LogP contribution in [0.2, 0.25) is 0 Å². The first kappa shape index (κ1) is 10.6. The molecular weight excluding hydrogens is 98.1 g/mol. The summed E-state index contributed by atoms with van der Waals surface area (Å²) < 4.78 is 0. The van der Waals surface area contributed by atoms with Crippen molar-refractivity contribution in [3.05, 3.63) is 13.2 Å². The van der Waals surface area contributed by atoms with Gasteiger partial charge in [-0.15, -0.1) is 13.2 Å². The van der Waals surface area contributed by atoms with Crippen molar-refractivity contribution in [2.24, 2.45) is 0 Å². The molecule has 0 rings (SSSR count). The van der Waals surface area contributed by atoms with Gasteiger partial charge in [0.2, 0.25) is 0 Å². The van der Waals surface area contributed by atoms with E-state index < -0.39 is 0 Å². The average Bonchev–Trinajstić information content (AvgIpc) is 1.72. The molecule has 0 bridgehead atoms. The predicted molar refractivity (Wildman–Crippen MR) is 40.1 cm³/mol. The van der Waals surface area contributed by atoms with Gasteiger partial charge in [0, 0.05) is 0 Å². The molecule has 0 unspecified atom stereocenters. The zero-order chi connectivity index (χ0) is 6.99. The van der Waals surface area contributed by atoms with Crippen molar-refractivity contribution in [2.75, 3.05) is 20.6 Å². The molecule has 0 N–H and O–H groups in total. The zero-order valence-electron chi connectivity index (χ0n) is 6.28. The Morgan fingerprint density at radius 3 is 1.62 bits per heavy atom. The van der Waals surface area contributed by atoms with E-state index in [1.165, 1.54) is 13.0 Å². The molecule has 0 amide bonds. The van der Waals surface area contributed by atoms with E-state index in [0.29, 0.717) is 0 Å². The maximum Gasteiger partial charge on any atom is -0.00275 e. The zero-order valence-corrected chi connectivity index (χ0v) is 6.28. The van der Waals surface area contributed by atoms with E-state index in [-0.39, 0.29) is 0 Å². The third-order valence-electron chi connectivity index (χ3n) is 0.671. The summed E-state index contributed by atoms with van der Waals surface area (Å²) in [5.41, 5.74) is 0. The van der Waals surface area contributed by atoms with Gasteiger partial charge < -0.3 is 4.90 Å². The second kappa shape index (κ2) is 9.85. The maximum absolute atomic E-state index is 3.00. The van der Waals surface area contributed by atoms with Gasteiger partial charge in [-0.1, -0.05) is 6.92 Å². The van der Waals surface area contributed by atoms with Crippen molar-refractivity contribution >= 4 is 0 Å². The summed E-state index contributed by atoms with van der Waals surface area (Å²) in [6.07, 6.45) is 1.26. The van der Waals surface area contributed by atoms with Crippen LogP contribution in [0.4, 0.5) is 0 Å². The van der Waals surface area contributed by atoms with Gasteiger partial charge >= 0.3 is 0 Å². The molecule has 0 aromatic carbocycles. The van der Waals surface area contributed by atoms with Gasteiger partial charge in [-0.25, -0.2) is 0 Å². The first-order valence-electron chi connectivity index (χ1n) is 2.92. The Labute approximate surface area is 53.0 Å². The lowest BCUT2D eigenvalue weighted by Gasteiger charge is -2.03. The first-order valence-corrected chi connectivity index (χ1v) is 2.92. The van der Waals surface area contributed by atoms with Crippen LogP contribution in [-0.2, 0) is 0 Å². The second-order valence-corrected chi connectivity index (χ2v) is 1.80.